The zero-order valence-electron chi connectivity index (χ0n) is 8.15. The third kappa shape index (κ3) is 1.90. The number of carboxylic acid groups (broad SMARTS) is 1. The second kappa shape index (κ2) is 4.16. The van der Waals surface area contributed by atoms with Gasteiger partial charge in [0.15, 0.2) is 11.1 Å². The standard InChI is InChI=1S/C9H7IN2O4/c1-15-5-3-2-4(10)7-6(5)11-8(16-7)12-9(13)14/h2-3H,1H3,(H,11,12)(H,13,14). The van der Waals surface area contributed by atoms with Crippen LogP contribution in [-0.2, 0) is 0 Å². The third-order valence-corrected chi connectivity index (χ3v) is 2.74. The number of nitrogens with zero attached hydrogens (tertiary/aromatic N) is 1. The van der Waals surface area contributed by atoms with Gasteiger partial charge in [-0.15, -0.1) is 0 Å². The van der Waals surface area contributed by atoms with E-state index in [2.05, 4.69) is 32.9 Å². The summed E-state index contributed by atoms with van der Waals surface area (Å²) in [7, 11) is 1.51. The average molecular weight is 334 g/mol. The lowest BCUT2D eigenvalue weighted by molar-refractivity contribution is 0.209. The van der Waals surface area contributed by atoms with Crippen LogP contribution in [0, 0.1) is 3.57 Å². The van der Waals surface area contributed by atoms with Gasteiger partial charge in [-0.25, -0.2) is 10.1 Å². The number of benzene rings is 1. The zero-order chi connectivity index (χ0) is 11.7. The number of amides is 1. The van der Waals surface area contributed by atoms with Crippen LogP contribution >= 0.6 is 22.6 Å². The highest BCUT2D eigenvalue weighted by Crippen LogP contribution is 2.31. The van der Waals surface area contributed by atoms with Gasteiger partial charge in [-0.3, -0.25) is 0 Å². The van der Waals surface area contributed by atoms with Crippen LogP contribution in [0.4, 0.5) is 10.8 Å². The number of carbonyl (C=O) groups is 1. The molecular formula is C9H7IN2O4. The fourth-order valence-corrected chi connectivity index (χ4v) is 1.81. The van der Waals surface area contributed by atoms with Gasteiger partial charge in [0, 0.05) is 0 Å². The summed E-state index contributed by atoms with van der Waals surface area (Å²) >= 11 is 2.07. The number of fused-ring (bicyclic) bond motifs is 1. The van der Waals surface area contributed by atoms with Crippen LogP contribution < -0.4 is 10.1 Å². The van der Waals surface area contributed by atoms with Crippen molar-refractivity contribution in [2.45, 2.75) is 0 Å². The summed E-state index contributed by atoms with van der Waals surface area (Å²) in [5, 5.41) is 10.6. The van der Waals surface area contributed by atoms with Gasteiger partial charge < -0.3 is 14.3 Å². The topological polar surface area (TPSA) is 84.6 Å². The first kappa shape index (κ1) is 11.0. The maximum Gasteiger partial charge on any atom is 0.412 e. The van der Waals surface area contributed by atoms with E-state index >= 15 is 0 Å². The maximum atomic E-state index is 10.4. The second-order valence-corrected chi connectivity index (χ2v) is 4.04. The molecule has 1 heterocycles. The number of anilines is 1. The molecule has 0 saturated carbocycles. The monoisotopic (exact) mass is 334 g/mol. The second-order valence-electron chi connectivity index (χ2n) is 2.88. The summed E-state index contributed by atoms with van der Waals surface area (Å²) in [5.41, 5.74) is 1.00. The van der Waals surface area contributed by atoms with Crippen LogP contribution in [0.3, 0.4) is 0 Å². The predicted octanol–water partition coefficient (Wildman–Crippen LogP) is 2.53. The first-order valence-corrected chi connectivity index (χ1v) is 5.32. The number of methoxy groups -OCH3 is 1. The van der Waals surface area contributed by atoms with E-state index in [1.807, 2.05) is 0 Å². The molecule has 0 aliphatic carbocycles. The van der Waals surface area contributed by atoms with Crippen molar-refractivity contribution in [1.29, 1.82) is 0 Å². The molecule has 2 rings (SSSR count). The number of aromatic nitrogens is 1. The summed E-state index contributed by atoms with van der Waals surface area (Å²) in [6.45, 7) is 0. The predicted molar refractivity (Wildman–Crippen MR) is 64.9 cm³/mol. The highest BCUT2D eigenvalue weighted by molar-refractivity contribution is 14.1. The Bertz CT molecular complexity index is 552. The Hall–Kier alpha value is -1.51. The van der Waals surface area contributed by atoms with E-state index in [4.69, 9.17) is 14.3 Å². The summed E-state index contributed by atoms with van der Waals surface area (Å²) in [6, 6.07) is 3.49. The molecule has 0 fully saturated rings. The Morgan fingerprint density at radius 3 is 3.00 bits per heavy atom. The number of ether oxygens (including phenoxy) is 1. The molecule has 0 unspecified atom stereocenters. The molecule has 0 atom stereocenters. The average Bonchev–Trinajstić information content (AvgIpc) is 2.62. The Balaban J connectivity index is 2.58. The molecule has 7 heteroatoms. The molecule has 6 nitrogen and oxygen atoms in total. The zero-order valence-corrected chi connectivity index (χ0v) is 10.3. The quantitative estimate of drug-likeness (QED) is 0.825. The van der Waals surface area contributed by atoms with Crippen molar-refractivity contribution in [3.8, 4) is 5.75 Å². The lowest BCUT2D eigenvalue weighted by Crippen LogP contribution is -2.06. The van der Waals surface area contributed by atoms with Crippen LogP contribution in [0.25, 0.3) is 11.1 Å². The highest BCUT2D eigenvalue weighted by atomic mass is 127. The molecule has 2 N–H and O–H groups in total. The SMILES string of the molecule is COc1ccc(I)c2oc(NC(=O)O)nc12. The van der Waals surface area contributed by atoms with E-state index in [1.165, 1.54) is 7.11 Å². The molecule has 16 heavy (non-hydrogen) atoms. The summed E-state index contributed by atoms with van der Waals surface area (Å²) < 4.78 is 11.2. The fourth-order valence-electron chi connectivity index (χ4n) is 1.26. The lowest BCUT2D eigenvalue weighted by Gasteiger charge is -1.99. The number of hydrogen-bond donors (Lipinski definition) is 2. The van der Waals surface area contributed by atoms with Gasteiger partial charge in [0.05, 0.1) is 10.7 Å². The van der Waals surface area contributed by atoms with E-state index in [1.54, 1.807) is 12.1 Å². The molecule has 1 aromatic heterocycles. The number of oxazole rings is 1. The van der Waals surface area contributed by atoms with E-state index in [9.17, 15) is 4.79 Å². The molecule has 2 aromatic rings. The van der Waals surface area contributed by atoms with Crippen LogP contribution in [0.5, 0.6) is 5.75 Å². The Morgan fingerprint density at radius 2 is 2.38 bits per heavy atom. The van der Waals surface area contributed by atoms with Crippen molar-refractivity contribution in [3.63, 3.8) is 0 Å². The van der Waals surface area contributed by atoms with Crippen LogP contribution in [-0.4, -0.2) is 23.3 Å². The van der Waals surface area contributed by atoms with E-state index < -0.39 is 6.09 Å². The van der Waals surface area contributed by atoms with Crippen molar-refractivity contribution in [2.24, 2.45) is 0 Å². The molecular weight excluding hydrogens is 327 g/mol. The number of halogens is 1. The van der Waals surface area contributed by atoms with E-state index in [0.29, 0.717) is 16.8 Å². The molecule has 0 aliphatic heterocycles. The van der Waals surface area contributed by atoms with E-state index in [0.717, 1.165) is 3.57 Å². The lowest BCUT2D eigenvalue weighted by atomic mass is 10.3. The molecule has 0 bridgehead atoms. The summed E-state index contributed by atoms with van der Waals surface area (Å²) in [5.74, 6) is 0.539. The molecule has 0 aliphatic rings. The fraction of sp³-hybridized carbons (Fsp3) is 0.111. The van der Waals surface area contributed by atoms with Crippen LogP contribution in [0.1, 0.15) is 0 Å². The largest absolute Gasteiger partial charge is 0.494 e. The van der Waals surface area contributed by atoms with Crippen molar-refractivity contribution in [2.75, 3.05) is 12.4 Å². The summed E-state index contributed by atoms with van der Waals surface area (Å²) in [4.78, 5) is 14.4. The molecule has 0 radical (unpaired) electrons. The highest BCUT2D eigenvalue weighted by Gasteiger charge is 2.14. The molecule has 0 saturated heterocycles. The molecule has 84 valence electrons. The number of nitrogens with one attached hydrogen (secondary N) is 1. The number of hydrogen-bond acceptors (Lipinski definition) is 4. The number of rotatable bonds is 2. The molecule has 1 aromatic carbocycles. The van der Waals surface area contributed by atoms with Gasteiger partial charge in [-0.05, 0) is 34.7 Å². The van der Waals surface area contributed by atoms with Crippen LogP contribution in [0.15, 0.2) is 16.5 Å². The maximum absolute atomic E-state index is 10.4. The van der Waals surface area contributed by atoms with Crippen molar-refractivity contribution in [1.82, 2.24) is 4.98 Å². The minimum absolute atomic E-state index is 0.0649. The minimum atomic E-state index is -1.22. The van der Waals surface area contributed by atoms with Gasteiger partial charge in [-0.1, -0.05) is 0 Å². The van der Waals surface area contributed by atoms with Gasteiger partial charge in [0.2, 0.25) is 0 Å². The van der Waals surface area contributed by atoms with Crippen LogP contribution in [0.2, 0.25) is 0 Å². The van der Waals surface area contributed by atoms with Gasteiger partial charge in [-0.2, -0.15) is 4.98 Å². The van der Waals surface area contributed by atoms with Gasteiger partial charge in [0.25, 0.3) is 0 Å². The van der Waals surface area contributed by atoms with Gasteiger partial charge >= 0.3 is 12.1 Å². The molecule has 1 amide bonds. The first-order chi connectivity index (χ1) is 7.61. The minimum Gasteiger partial charge on any atom is -0.494 e. The normalized spacial score (nSPS) is 10.4. The summed E-state index contributed by atoms with van der Waals surface area (Å²) in [6.07, 6.45) is -1.22. The van der Waals surface area contributed by atoms with Crippen molar-refractivity contribution in [3.05, 3.63) is 15.7 Å². The van der Waals surface area contributed by atoms with Crippen molar-refractivity contribution >= 4 is 45.8 Å². The Kier molecular flexibility index (Phi) is 2.86. The third-order valence-electron chi connectivity index (χ3n) is 1.89. The van der Waals surface area contributed by atoms with Gasteiger partial charge in [0.1, 0.15) is 5.75 Å². The van der Waals surface area contributed by atoms with E-state index in [-0.39, 0.29) is 6.01 Å². The van der Waals surface area contributed by atoms with Crippen molar-refractivity contribution < 1.29 is 19.1 Å². The smallest absolute Gasteiger partial charge is 0.412 e. The first-order valence-electron chi connectivity index (χ1n) is 4.25. The Morgan fingerprint density at radius 1 is 1.62 bits per heavy atom. The molecule has 0 spiro atoms. The Labute approximate surface area is 104 Å².